The summed E-state index contributed by atoms with van der Waals surface area (Å²) in [4.78, 5) is 13.9. The Hall–Kier alpha value is -2.53. The molecule has 2 aromatic heterocycles. The van der Waals surface area contributed by atoms with Gasteiger partial charge in [-0.05, 0) is 26.2 Å². The molecular weight excluding hydrogens is 310 g/mol. The van der Waals surface area contributed by atoms with E-state index >= 15 is 0 Å². The molecule has 0 radical (unpaired) electrons. The molecule has 1 N–H and O–H groups in total. The minimum absolute atomic E-state index is 0.301. The van der Waals surface area contributed by atoms with E-state index in [0.717, 1.165) is 49.6 Å². The molecule has 1 unspecified atom stereocenters. The van der Waals surface area contributed by atoms with Gasteiger partial charge in [-0.2, -0.15) is 0 Å². The number of nitrogens with zero attached hydrogens (tertiary/aromatic N) is 4. The fourth-order valence-corrected chi connectivity index (χ4v) is 3.49. The number of rotatable bonds is 5. The van der Waals surface area contributed by atoms with E-state index in [0.29, 0.717) is 6.04 Å². The second kappa shape index (κ2) is 7.15. The third-order valence-corrected chi connectivity index (χ3v) is 4.86. The number of imidazole rings is 1. The van der Waals surface area contributed by atoms with Gasteiger partial charge in [0.2, 0.25) is 0 Å². The van der Waals surface area contributed by atoms with Gasteiger partial charge in [-0.3, -0.25) is 0 Å². The van der Waals surface area contributed by atoms with Crippen molar-refractivity contribution in [1.82, 2.24) is 24.8 Å². The number of benzene rings is 1. The lowest BCUT2D eigenvalue weighted by atomic mass is 9.92. The molecule has 0 saturated carbocycles. The number of fused-ring (bicyclic) bond motifs is 1. The van der Waals surface area contributed by atoms with Crippen LogP contribution in [-0.2, 0) is 19.5 Å². The molecule has 1 aromatic carbocycles. The van der Waals surface area contributed by atoms with Crippen LogP contribution in [0.4, 0.5) is 0 Å². The van der Waals surface area contributed by atoms with E-state index in [1.807, 2.05) is 36.8 Å². The van der Waals surface area contributed by atoms with Crippen LogP contribution in [0.5, 0.6) is 0 Å². The van der Waals surface area contributed by atoms with Crippen LogP contribution in [0.2, 0.25) is 0 Å². The molecule has 1 aliphatic rings. The summed E-state index contributed by atoms with van der Waals surface area (Å²) in [7, 11) is 0. The van der Waals surface area contributed by atoms with Crippen LogP contribution < -0.4 is 5.32 Å². The average molecular weight is 333 g/mol. The van der Waals surface area contributed by atoms with Crippen molar-refractivity contribution in [3.8, 4) is 11.4 Å². The van der Waals surface area contributed by atoms with Gasteiger partial charge in [0, 0.05) is 48.0 Å². The summed E-state index contributed by atoms with van der Waals surface area (Å²) in [5, 5.41) is 3.65. The summed E-state index contributed by atoms with van der Waals surface area (Å²) < 4.78 is 2.17. The number of hydrogen-bond donors (Lipinski definition) is 1. The highest BCUT2D eigenvalue weighted by Crippen LogP contribution is 2.29. The van der Waals surface area contributed by atoms with E-state index in [1.165, 1.54) is 11.3 Å². The maximum Gasteiger partial charge on any atom is 0.159 e. The number of aromatic nitrogens is 4. The smallest absolute Gasteiger partial charge is 0.159 e. The Morgan fingerprint density at radius 1 is 1.20 bits per heavy atom. The highest BCUT2D eigenvalue weighted by molar-refractivity contribution is 5.55. The van der Waals surface area contributed by atoms with Crippen LogP contribution >= 0.6 is 0 Å². The summed E-state index contributed by atoms with van der Waals surface area (Å²) in [6, 6.07) is 10.5. The number of nitrogens with one attached hydrogen (secondary N) is 1. The molecule has 3 aromatic rings. The Bertz CT molecular complexity index is 840. The van der Waals surface area contributed by atoms with Crippen LogP contribution in [-0.4, -0.2) is 19.5 Å². The van der Waals surface area contributed by atoms with Gasteiger partial charge in [0.05, 0.1) is 6.54 Å². The SMILES string of the molecule is CCn1ccnc1CNC1CCCc2nc(-c3ccccc3)ncc21. The summed E-state index contributed by atoms with van der Waals surface area (Å²) in [5.74, 6) is 1.90. The van der Waals surface area contributed by atoms with E-state index in [4.69, 9.17) is 4.98 Å². The van der Waals surface area contributed by atoms with E-state index in [2.05, 4.69) is 38.9 Å². The van der Waals surface area contributed by atoms with Crippen LogP contribution in [0.1, 0.15) is 42.9 Å². The zero-order valence-electron chi connectivity index (χ0n) is 14.5. The lowest BCUT2D eigenvalue weighted by molar-refractivity contribution is 0.441. The molecule has 1 atom stereocenters. The first-order chi connectivity index (χ1) is 12.3. The molecule has 0 saturated heterocycles. The van der Waals surface area contributed by atoms with Crippen molar-refractivity contribution in [1.29, 1.82) is 0 Å². The quantitative estimate of drug-likeness (QED) is 0.776. The minimum atomic E-state index is 0.301. The molecule has 0 spiro atoms. The fraction of sp³-hybridized carbons (Fsp3) is 0.350. The average Bonchev–Trinajstić information content (AvgIpc) is 3.14. The zero-order valence-corrected chi connectivity index (χ0v) is 14.5. The molecule has 5 nitrogen and oxygen atoms in total. The van der Waals surface area contributed by atoms with Crippen molar-refractivity contribution in [2.24, 2.45) is 0 Å². The fourth-order valence-electron chi connectivity index (χ4n) is 3.49. The van der Waals surface area contributed by atoms with Crippen molar-refractivity contribution in [2.45, 2.75) is 45.3 Å². The second-order valence-electron chi connectivity index (χ2n) is 6.42. The molecule has 0 bridgehead atoms. The Morgan fingerprint density at radius 3 is 2.92 bits per heavy atom. The van der Waals surface area contributed by atoms with Gasteiger partial charge in [-0.15, -0.1) is 0 Å². The molecule has 1 aliphatic carbocycles. The highest BCUT2D eigenvalue weighted by Gasteiger charge is 2.22. The predicted octanol–water partition coefficient (Wildman–Crippen LogP) is 3.53. The highest BCUT2D eigenvalue weighted by atomic mass is 15.1. The van der Waals surface area contributed by atoms with Gasteiger partial charge < -0.3 is 9.88 Å². The minimum Gasteiger partial charge on any atom is -0.334 e. The topological polar surface area (TPSA) is 55.6 Å². The van der Waals surface area contributed by atoms with Gasteiger partial charge in [0.25, 0.3) is 0 Å². The van der Waals surface area contributed by atoms with E-state index < -0.39 is 0 Å². The molecule has 0 fully saturated rings. The Labute approximate surface area is 148 Å². The Balaban J connectivity index is 1.54. The van der Waals surface area contributed by atoms with Gasteiger partial charge >= 0.3 is 0 Å². The molecule has 4 rings (SSSR count). The van der Waals surface area contributed by atoms with Crippen LogP contribution in [0.3, 0.4) is 0 Å². The predicted molar refractivity (Wildman–Crippen MR) is 97.9 cm³/mol. The summed E-state index contributed by atoms with van der Waals surface area (Å²) >= 11 is 0. The third kappa shape index (κ3) is 3.33. The molecule has 0 amide bonds. The van der Waals surface area contributed by atoms with E-state index in [-0.39, 0.29) is 0 Å². The molecular formula is C20H23N5. The van der Waals surface area contributed by atoms with Crippen molar-refractivity contribution < 1.29 is 0 Å². The first kappa shape index (κ1) is 16.0. The Morgan fingerprint density at radius 2 is 2.08 bits per heavy atom. The van der Waals surface area contributed by atoms with Crippen LogP contribution in [0.15, 0.2) is 48.9 Å². The molecule has 5 heteroatoms. The molecule has 128 valence electrons. The number of aryl methyl sites for hydroxylation is 2. The van der Waals surface area contributed by atoms with Crippen molar-refractivity contribution in [3.63, 3.8) is 0 Å². The van der Waals surface area contributed by atoms with Crippen molar-refractivity contribution in [3.05, 3.63) is 66.0 Å². The lowest BCUT2D eigenvalue weighted by Gasteiger charge is -2.25. The van der Waals surface area contributed by atoms with Gasteiger partial charge in [-0.1, -0.05) is 30.3 Å². The largest absolute Gasteiger partial charge is 0.334 e. The van der Waals surface area contributed by atoms with Crippen molar-refractivity contribution >= 4 is 0 Å². The first-order valence-corrected chi connectivity index (χ1v) is 8.99. The van der Waals surface area contributed by atoms with E-state index in [1.54, 1.807) is 0 Å². The summed E-state index contributed by atoms with van der Waals surface area (Å²) in [5.41, 5.74) is 3.49. The zero-order chi connectivity index (χ0) is 17.1. The summed E-state index contributed by atoms with van der Waals surface area (Å²) in [6.07, 6.45) is 9.20. The molecule has 2 heterocycles. The van der Waals surface area contributed by atoms with Gasteiger partial charge in [0.1, 0.15) is 5.82 Å². The van der Waals surface area contributed by atoms with Gasteiger partial charge in [-0.25, -0.2) is 15.0 Å². The Kier molecular flexibility index (Phi) is 4.57. The van der Waals surface area contributed by atoms with Gasteiger partial charge in [0.15, 0.2) is 5.82 Å². The molecule has 25 heavy (non-hydrogen) atoms. The van der Waals surface area contributed by atoms with E-state index in [9.17, 15) is 0 Å². The molecule has 0 aliphatic heterocycles. The number of hydrogen-bond acceptors (Lipinski definition) is 4. The van der Waals surface area contributed by atoms with Crippen molar-refractivity contribution in [2.75, 3.05) is 0 Å². The maximum atomic E-state index is 4.84. The normalized spacial score (nSPS) is 16.6. The standard InChI is InChI=1S/C20H23N5/c1-2-25-12-11-21-19(25)14-22-17-9-6-10-18-16(17)13-23-20(24-18)15-7-4-3-5-8-15/h3-5,7-8,11-13,17,22H,2,6,9-10,14H2,1H3. The lowest BCUT2D eigenvalue weighted by Crippen LogP contribution is -2.27. The third-order valence-electron chi connectivity index (χ3n) is 4.86. The maximum absolute atomic E-state index is 4.84. The summed E-state index contributed by atoms with van der Waals surface area (Å²) in [6.45, 7) is 3.85. The van der Waals surface area contributed by atoms with Crippen LogP contribution in [0, 0.1) is 0 Å². The monoisotopic (exact) mass is 333 g/mol. The second-order valence-corrected chi connectivity index (χ2v) is 6.42. The first-order valence-electron chi connectivity index (χ1n) is 8.99. The van der Waals surface area contributed by atoms with Crippen LogP contribution in [0.25, 0.3) is 11.4 Å².